The smallest absolute Gasteiger partial charge is 0.193 e. The molecule has 0 spiro atoms. The molecule has 3 fully saturated rings. The summed E-state index contributed by atoms with van der Waals surface area (Å²) in [6, 6.07) is 0. The van der Waals surface area contributed by atoms with Crippen molar-refractivity contribution in [1.82, 2.24) is 15.1 Å². The fraction of sp³-hybridized carbons (Fsp3) is 0.947. The average Bonchev–Trinajstić information content (AvgIpc) is 3.19. The van der Waals surface area contributed by atoms with Gasteiger partial charge >= 0.3 is 0 Å². The zero-order chi connectivity index (χ0) is 16.1. The lowest BCUT2D eigenvalue weighted by molar-refractivity contribution is 0.198. The second-order valence-corrected chi connectivity index (χ2v) is 8.38. The number of guanidine groups is 1. The summed E-state index contributed by atoms with van der Waals surface area (Å²) in [5.41, 5.74) is 0.489. The first-order chi connectivity index (χ1) is 11.2. The van der Waals surface area contributed by atoms with Crippen molar-refractivity contribution in [3.63, 3.8) is 0 Å². The molecule has 23 heavy (non-hydrogen) atoms. The first kappa shape index (κ1) is 17.1. The molecular weight excluding hydrogens is 284 g/mol. The van der Waals surface area contributed by atoms with E-state index >= 15 is 0 Å². The summed E-state index contributed by atoms with van der Waals surface area (Å²) in [6.07, 6.45) is 11.1. The minimum atomic E-state index is 0.489. The number of likely N-dealkylation sites (tertiary alicyclic amines) is 2. The minimum Gasteiger partial charge on any atom is -0.356 e. The van der Waals surface area contributed by atoms with Crippen molar-refractivity contribution < 1.29 is 0 Å². The van der Waals surface area contributed by atoms with Crippen molar-refractivity contribution >= 4 is 5.96 Å². The highest BCUT2D eigenvalue weighted by atomic mass is 15.3. The van der Waals surface area contributed by atoms with Gasteiger partial charge in [0.1, 0.15) is 0 Å². The van der Waals surface area contributed by atoms with Crippen LogP contribution in [-0.4, -0.2) is 62.1 Å². The van der Waals surface area contributed by atoms with E-state index in [2.05, 4.69) is 27.0 Å². The molecule has 2 aliphatic heterocycles. The van der Waals surface area contributed by atoms with Crippen LogP contribution in [0, 0.1) is 11.3 Å². The molecule has 4 heteroatoms. The SMILES string of the molecule is CN=C(NCC1(C)CCCC1)N1CCC(CN2CCCCC2)C1. The van der Waals surface area contributed by atoms with Crippen LogP contribution in [0.1, 0.15) is 58.3 Å². The maximum absolute atomic E-state index is 4.56. The molecule has 1 saturated carbocycles. The standard InChI is InChI=1S/C19H36N4/c1-19(9-4-5-10-19)16-21-18(20-2)23-13-8-17(15-23)14-22-11-6-3-7-12-22/h17H,3-16H2,1-2H3,(H,20,21). The van der Waals surface area contributed by atoms with Crippen LogP contribution in [0.25, 0.3) is 0 Å². The van der Waals surface area contributed by atoms with E-state index in [1.165, 1.54) is 84.1 Å². The van der Waals surface area contributed by atoms with Gasteiger partial charge in [-0.1, -0.05) is 26.2 Å². The van der Waals surface area contributed by atoms with Gasteiger partial charge in [-0.2, -0.15) is 0 Å². The molecule has 1 N–H and O–H groups in total. The molecule has 0 radical (unpaired) electrons. The average molecular weight is 321 g/mol. The minimum absolute atomic E-state index is 0.489. The van der Waals surface area contributed by atoms with Crippen molar-refractivity contribution in [2.24, 2.45) is 16.3 Å². The molecule has 3 aliphatic rings. The van der Waals surface area contributed by atoms with Gasteiger partial charge in [-0.05, 0) is 56.5 Å². The van der Waals surface area contributed by atoms with E-state index in [0.29, 0.717) is 5.41 Å². The Morgan fingerprint density at radius 1 is 1.09 bits per heavy atom. The van der Waals surface area contributed by atoms with Gasteiger partial charge in [-0.15, -0.1) is 0 Å². The second kappa shape index (κ2) is 7.87. The van der Waals surface area contributed by atoms with Crippen LogP contribution in [0.5, 0.6) is 0 Å². The van der Waals surface area contributed by atoms with E-state index in [0.717, 1.165) is 18.4 Å². The van der Waals surface area contributed by atoms with Crippen molar-refractivity contribution in [2.75, 3.05) is 46.3 Å². The fourth-order valence-electron chi connectivity index (χ4n) is 4.71. The van der Waals surface area contributed by atoms with Gasteiger partial charge in [0.05, 0.1) is 0 Å². The fourth-order valence-corrected chi connectivity index (χ4v) is 4.71. The molecule has 132 valence electrons. The number of nitrogens with one attached hydrogen (secondary N) is 1. The number of nitrogens with zero attached hydrogens (tertiary/aromatic N) is 3. The molecule has 0 aromatic carbocycles. The molecule has 4 nitrogen and oxygen atoms in total. The van der Waals surface area contributed by atoms with Gasteiger partial charge in [0.15, 0.2) is 5.96 Å². The Labute approximate surface area is 142 Å². The van der Waals surface area contributed by atoms with Crippen LogP contribution >= 0.6 is 0 Å². The quantitative estimate of drug-likeness (QED) is 0.638. The summed E-state index contributed by atoms with van der Waals surface area (Å²) in [6.45, 7) is 9.83. The Bertz CT molecular complexity index is 394. The summed E-state index contributed by atoms with van der Waals surface area (Å²) in [5, 5.41) is 3.68. The van der Waals surface area contributed by atoms with Gasteiger partial charge in [0.25, 0.3) is 0 Å². The zero-order valence-electron chi connectivity index (χ0n) is 15.3. The molecule has 3 rings (SSSR count). The van der Waals surface area contributed by atoms with Crippen LogP contribution in [0.2, 0.25) is 0 Å². The van der Waals surface area contributed by atoms with E-state index in [4.69, 9.17) is 0 Å². The summed E-state index contributed by atoms with van der Waals surface area (Å²) in [4.78, 5) is 9.74. The predicted octanol–water partition coefficient (Wildman–Crippen LogP) is 2.95. The Morgan fingerprint density at radius 3 is 2.52 bits per heavy atom. The molecule has 0 amide bonds. The Kier molecular flexibility index (Phi) is 5.84. The van der Waals surface area contributed by atoms with Crippen LogP contribution in [0.15, 0.2) is 4.99 Å². The topological polar surface area (TPSA) is 30.9 Å². The molecule has 1 atom stereocenters. The Balaban J connectivity index is 1.44. The Morgan fingerprint density at radius 2 is 1.83 bits per heavy atom. The van der Waals surface area contributed by atoms with E-state index in [1.807, 2.05) is 7.05 Å². The lowest BCUT2D eigenvalue weighted by Crippen LogP contribution is -2.44. The highest BCUT2D eigenvalue weighted by Crippen LogP contribution is 2.36. The predicted molar refractivity (Wildman–Crippen MR) is 97.9 cm³/mol. The van der Waals surface area contributed by atoms with Gasteiger partial charge in [0.2, 0.25) is 0 Å². The summed E-state index contributed by atoms with van der Waals surface area (Å²) in [7, 11) is 1.94. The van der Waals surface area contributed by atoms with E-state index in [-0.39, 0.29) is 0 Å². The third-order valence-corrected chi connectivity index (χ3v) is 6.25. The lowest BCUT2D eigenvalue weighted by Gasteiger charge is -2.30. The number of aliphatic imine (C=N–C) groups is 1. The molecule has 0 aromatic rings. The number of hydrogen-bond donors (Lipinski definition) is 1. The number of hydrogen-bond acceptors (Lipinski definition) is 2. The lowest BCUT2D eigenvalue weighted by atomic mass is 9.89. The highest BCUT2D eigenvalue weighted by Gasteiger charge is 2.31. The van der Waals surface area contributed by atoms with Crippen LogP contribution in [0.4, 0.5) is 0 Å². The molecule has 0 bridgehead atoms. The summed E-state index contributed by atoms with van der Waals surface area (Å²) < 4.78 is 0. The summed E-state index contributed by atoms with van der Waals surface area (Å²) in [5.74, 6) is 1.97. The van der Waals surface area contributed by atoms with Crippen LogP contribution in [-0.2, 0) is 0 Å². The highest BCUT2D eigenvalue weighted by molar-refractivity contribution is 5.80. The van der Waals surface area contributed by atoms with Crippen molar-refractivity contribution in [1.29, 1.82) is 0 Å². The van der Waals surface area contributed by atoms with Crippen molar-refractivity contribution in [2.45, 2.75) is 58.3 Å². The third-order valence-electron chi connectivity index (χ3n) is 6.25. The summed E-state index contributed by atoms with van der Waals surface area (Å²) >= 11 is 0. The first-order valence-corrected chi connectivity index (χ1v) is 9.86. The van der Waals surface area contributed by atoms with Crippen LogP contribution < -0.4 is 5.32 Å². The number of piperidine rings is 1. The number of rotatable bonds is 4. The van der Waals surface area contributed by atoms with E-state index < -0.39 is 0 Å². The Hall–Kier alpha value is -0.770. The van der Waals surface area contributed by atoms with Crippen molar-refractivity contribution in [3.05, 3.63) is 0 Å². The van der Waals surface area contributed by atoms with Crippen LogP contribution in [0.3, 0.4) is 0 Å². The van der Waals surface area contributed by atoms with Gasteiger partial charge in [0, 0.05) is 33.2 Å². The maximum Gasteiger partial charge on any atom is 0.193 e. The van der Waals surface area contributed by atoms with E-state index in [1.54, 1.807) is 0 Å². The second-order valence-electron chi connectivity index (χ2n) is 8.38. The zero-order valence-corrected chi connectivity index (χ0v) is 15.3. The molecule has 2 saturated heterocycles. The molecule has 1 aliphatic carbocycles. The van der Waals surface area contributed by atoms with Gasteiger partial charge < -0.3 is 15.1 Å². The largest absolute Gasteiger partial charge is 0.356 e. The first-order valence-electron chi connectivity index (χ1n) is 9.86. The molecule has 1 unspecified atom stereocenters. The molecule has 2 heterocycles. The van der Waals surface area contributed by atoms with E-state index in [9.17, 15) is 0 Å². The molecular formula is C19H36N4. The maximum atomic E-state index is 4.56. The van der Waals surface area contributed by atoms with Crippen molar-refractivity contribution in [3.8, 4) is 0 Å². The molecule has 0 aromatic heterocycles. The monoisotopic (exact) mass is 320 g/mol. The van der Waals surface area contributed by atoms with Gasteiger partial charge in [-0.3, -0.25) is 4.99 Å². The third kappa shape index (κ3) is 4.62. The van der Waals surface area contributed by atoms with Gasteiger partial charge in [-0.25, -0.2) is 0 Å². The normalized spacial score (nSPS) is 29.2.